The fourth-order valence-corrected chi connectivity index (χ4v) is 2.63. The van der Waals surface area contributed by atoms with Gasteiger partial charge < -0.3 is 14.8 Å². The lowest BCUT2D eigenvalue weighted by atomic mass is 10.0. The summed E-state index contributed by atoms with van der Waals surface area (Å²) in [5, 5.41) is 9.64. The minimum Gasteiger partial charge on any atom is -0.495 e. The minimum atomic E-state index is -1.17. The number of aromatic carboxylic acids is 1. The van der Waals surface area contributed by atoms with E-state index in [2.05, 4.69) is 4.98 Å². The number of hydrogen-bond acceptors (Lipinski definition) is 3. The predicted molar refractivity (Wildman–Crippen MR) is 88.3 cm³/mol. The fraction of sp³-hybridized carbons (Fsp3) is 0.111. The molecule has 0 saturated heterocycles. The third-order valence-corrected chi connectivity index (χ3v) is 3.85. The van der Waals surface area contributed by atoms with Crippen molar-refractivity contribution in [2.45, 2.75) is 6.92 Å². The van der Waals surface area contributed by atoms with Crippen LogP contribution in [0.5, 0.6) is 5.75 Å². The number of carbonyl (C=O) groups is 1. The lowest BCUT2D eigenvalue weighted by Gasteiger charge is -2.11. The Bertz CT molecular complexity index is 958. The molecule has 0 unspecified atom stereocenters. The number of aromatic amines is 1. The van der Waals surface area contributed by atoms with Crippen LogP contribution in [0.2, 0.25) is 0 Å². The molecule has 0 spiro atoms. The molecule has 0 saturated carbocycles. The molecular weight excluding hydrogens is 294 g/mol. The van der Waals surface area contributed by atoms with Crippen LogP contribution in [0.1, 0.15) is 16.1 Å². The largest absolute Gasteiger partial charge is 0.495 e. The summed E-state index contributed by atoms with van der Waals surface area (Å²) in [5.74, 6) is -0.739. The van der Waals surface area contributed by atoms with Crippen LogP contribution in [-0.4, -0.2) is 23.2 Å². The Kier molecular flexibility index (Phi) is 3.62. The predicted octanol–water partition coefficient (Wildman–Crippen LogP) is 3.21. The van der Waals surface area contributed by atoms with Gasteiger partial charge in [0.15, 0.2) is 5.43 Å². The summed E-state index contributed by atoms with van der Waals surface area (Å²) in [7, 11) is 1.49. The molecule has 2 N–H and O–H groups in total. The highest BCUT2D eigenvalue weighted by Crippen LogP contribution is 2.30. The van der Waals surface area contributed by atoms with E-state index in [0.29, 0.717) is 16.7 Å². The van der Waals surface area contributed by atoms with Gasteiger partial charge in [-0.25, -0.2) is 4.79 Å². The highest BCUT2D eigenvalue weighted by molar-refractivity contribution is 5.95. The van der Waals surface area contributed by atoms with Crippen LogP contribution in [-0.2, 0) is 0 Å². The van der Waals surface area contributed by atoms with E-state index in [1.165, 1.54) is 14.0 Å². The number of benzene rings is 2. The Labute approximate surface area is 132 Å². The van der Waals surface area contributed by atoms with Crippen molar-refractivity contribution in [1.82, 2.24) is 4.98 Å². The topological polar surface area (TPSA) is 79.4 Å². The Hall–Kier alpha value is -3.08. The molecule has 1 aromatic heterocycles. The molecule has 5 heteroatoms. The number of nitrogens with one attached hydrogen (secondary N) is 1. The van der Waals surface area contributed by atoms with Gasteiger partial charge in [-0.15, -0.1) is 0 Å². The first-order valence-electron chi connectivity index (χ1n) is 7.06. The second-order valence-corrected chi connectivity index (χ2v) is 5.23. The molecule has 23 heavy (non-hydrogen) atoms. The van der Waals surface area contributed by atoms with Crippen molar-refractivity contribution >= 4 is 16.9 Å². The van der Waals surface area contributed by atoms with Gasteiger partial charge in [0.05, 0.1) is 18.0 Å². The maximum atomic E-state index is 12.6. The van der Waals surface area contributed by atoms with Crippen molar-refractivity contribution in [1.29, 1.82) is 0 Å². The Morgan fingerprint density at radius 2 is 1.83 bits per heavy atom. The molecule has 0 aliphatic heterocycles. The minimum absolute atomic E-state index is 0.117. The maximum Gasteiger partial charge on any atom is 0.352 e. The van der Waals surface area contributed by atoms with E-state index >= 15 is 0 Å². The molecule has 1 heterocycles. The van der Waals surface area contributed by atoms with Crippen molar-refractivity contribution in [3.05, 3.63) is 63.9 Å². The van der Waals surface area contributed by atoms with Crippen LogP contribution >= 0.6 is 0 Å². The summed E-state index contributed by atoms with van der Waals surface area (Å²) in [5.41, 5.74) is 1.92. The van der Waals surface area contributed by atoms with Crippen LogP contribution in [0.25, 0.3) is 22.0 Å². The molecule has 5 nitrogen and oxygen atoms in total. The summed E-state index contributed by atoms with van der Waals surface area (Å²) in [6, 6.07) is 13.2. The monoisotopic (exact) mass is 309 g/mol. The van der Waals surface area contributed by atoms with Crippen molar-refractivity contribution in [3.8, 4) is 16.9 Å². The van der Waals surface area contributed by atoms with E-state index in [1.54, 1.807) is 12.1 Å². The number of hydrogen-bond donors (Lipinski definition) is 2. The van der Waals surface area contributed by atoms with Gasteiger partial charge in [-0.1, -0.05) is 30.3 Å². The number of rotatable bonds is 3. The summed E-state index contributed by atoms with van der Waals surface area (Å²) >= 11 is 0. The first-order chi connectivity index (χ1) is 11.0. The van der Waals surface area contributed by atoms with Crippen molar-refractivity contribution in [2.75, 3.05) is 7.11 Å². The number of carboxylic acid groups (broad SMARTS) is 1. The van der Waals surface area contributed by atoms with Crippen molar-refractivity contribution in [2.24, 2.45) is 0 Å². The molecule has 3 rings (SSSR count). The van der Waals surface area contributed by atoms with Gasteiger partial charge in [0.2, 0.25) is 0 Å². The molecule has 0 atom stereocenters. The standard InChI is InChI=1S/C18H15NO4/c1-10-15(18(21)22)19-16-13(17(10)20)8-12(9-14(16)23-2)11-6-4-3-5-7-11/h3-9H,1-2H3,(H,19,20)(H,21,22). The highest BCUT2D eigenvalue weighted by atomic mass is 16.5. The molecule has 0 bridgehead atoms. The van der Waals surface area contributed by atoms with Gasteiger partial charge in [0.1, 0.15) is 11.4 Å². The van der Waals surface area contributed by atoms with E-state index in [0.717, 1.165) is 11.1 Å². The maximum absolute atomic E-state index is 12.6. The first kappa shape index (κ1) is 14.8. The zero-order valence-corrected chi connectivity index (χ0v) is 12.7. The van der Waals surface area contributed by atoms with Gasteiger partial charge in [0.25, 0.3) is 0 Å². The van der Waals surface area contributed by atoms with Crippen LogP contribution < -0.4 is 10.2 Å². The molecule has 0 fully saturated rings. The normalized spacial score (nSPS) is 10.7. The van der Waals surface area contributed by atoms with E-state index < -0.39 is 5.97 Å². The summed E-state index contributed by atoms with van der Waals surface area (Å²) in [6.07, 6.45) is 0. The van der Waals surface area contributed by atoms with E-state index in [-0.39, 0.29) is 16.7 Å². The van der Waals surface area contributed by atoms with E-state index in [4.69, 9.17) is 4.74 Å². The molecule has 0 radical (unpaired) electrons. The van der Waals surface area contributed by atoms with Crippen LogP contribution in [0.15, 0.2) is 47.3 Å². The molecule has 0 amide bonds. The third-order valence-electron chi connectivity index (χ3n) is 3.85. The van der Waals surface area contributed by atoms with Gasteiger partial charge >= 0.3 is 5.97 Å². The number of pyridine rings is 1. The number of H-pyrrole nitrogens is 1. The zero-order valence-electron chi connectivity index (χ0n) is 12.7. The number of ether oxygens (including phenoxy) is 1. The van der Waals surface area contributed by atoms with E-state index in [1.807, 2.05) is 30.3 Å². The number of aromatic nitrogens is 1. The first-order valence-corrected chi connectivity index (χ1v) is 7.06. The van der Waals surface area contributed by atoms with Crippen LogP contribution in [0, 0.1) is 6.92 Å². The smallest absolute Gasteiger partial charge is 0.352 e. The van der Waals surface area contributed by atoms with Gasteiger partial charge in [-0.05, 0) is 30.2 Å². The number of carboxylic acids is 1. The molecule has 0 aliphatic carbocycles. The van der Waals surface area contributed by atoms with Gasteiger partial charge in [-0.3, -0.25) is 4.79 Å². The fourth-order valence-electron chi connectivity index (χ4n) is 2.63. The average Bonchev–Trinajstić information content (AvgIpc) is 2.57. The third kappa shape index (κ3) is 2.46. The van der Waals surface area contributed by atoms with Gasteiger partial charge in [-0.2, -0.15) is 0 Å². The molecular formula is C18H15NO4. The van der Waals surface area contributed by atoms with E-state index in [9.17, 15) is 14.7 Å². The molecule has 0 aliphatic rings. The second kappa shape index (κ2) is 5.61. The zero-order chi connectivity index (χ0) is 16.6. The second-order valence-electron chi connectivity index (χ2n) is 5.23. The summed E-state index contributed by atoms with van der Waals surface area (Å²) < 4.78 is 5.36. The van der Waals surface area contributed by atoms with Crippen molar-refractivity contribution < 1.29 is 14.6 Å². The Morgan fingerprint density at radius 1 is 1.13 bits per heavy atom. The quantitative estimate of drug-likeness (QED) is 0.778. The lowest BCUT2D eigenvalue weighted by Crippen LogP contribution is -2.15. The molecule has 3 aromatic rings. The van der Waals surface area contributed by atoms with Crippen molar-refractivity contribution in [3.63, 3.8) is 0 Å². The summed E-state index contributed by atoms with van der Waals surface area (Å²) in [4.78, 5) is 26.7. The SMILES string of the molecule is COc1cc(-c2ccccc2)cc2c(=O)c(C)c(C(=O)O)[nH]c12. The number of fused-ring (bicyclic) bond motifs is 1. The molecule has 116 valence electrons. The Morgan fingerprint density at radius 3 is 2.43 bits per heavy atom. The Balaban J connectivity index is 2.39. The van der Waals surface area contributed by atoms with Gasteiger partial charge in [0, 0.05) is 5.56 Å². The summed E-state index contributed by atoms with van der Waals surface area (Å²) in [6.45, 7) is 1.50. The molecule has 2 aromatic carbocycles. The highest BCUT2D eigenvalue weighted by Gasteiger charge is 2.17. The van der Waals surface area contributed by atoms with Crippen LogP contribution in [0.3, 0.4) is 0 Å². The van der Waals surface area contributed by atoms with Crippen LogP contribution in [0.4, 0.5) is 0 Å². The lowest BCUT2D eigenvalue weighted by molar-refractivity contribution is 0.0690. The average molecular weight is 309 g/mol. The number of methoxy groups -OCH3 is 1.